The van der Waals surface area contributed by atoms with E-state index in [4.69, 9.17) is 4.74 Å². The number of likely N-dealkylation sites (N-methyl/N-ethyl adjacent to an activating group) is 1. The molecule has 8 nitrogen and oxygen atoms in total. The number of anilines is 1. The first-order chi connectivity index (χ1) is 11.2. The zero-order chi connectivity index (χ0) is 17.9. The van der Waals surface area contributed by atoms with Crippen LogP contribution < -0.4 is 4.90 Å². The molecule has 1 atom stereocenters. The first kappa shape index (κ1) is 18.0. The molecule has 8 heteroatoms. The minimum Gasteiger partial charge on any atom is -0.444 e. The average Bonchev–Trinajstić information content (AvgIpc) is 2.52. The number of carbonyl (C=O) groups excluding carboxylic acids is 1. The van der Waals surface area contributed by atoms with Gasteiger partial charge < -0.3 is 24.7 Å². The number of amides is 1. The number of nitrogens with zero attached hydrogens (tertiary/aromatic N) is 4. The van der Waals surface area contributed by atoms with Crippen LogP contribution in [0.15, 0.2) is 18.3 Å². The van der Waals surface area contributed by atoms with Crippen molar-refractivity contribution < 1.29 is 14.5 Å². The van der Waals surface area contributed by atoms with Crippen molar-refractivity contribution in [1.82, 2.24) is 9.88 Å². The maximum absolute atomic E-state index is 12.2. The van der Waals surface area contributed by atoms with Crippen molar-refractivity contribution in [3.63, 3.8) is 0 Å². The molecule has 1 amide bonds. The number of pyridine rings is 1. The maximum Gasteiger partial charge on any atom is 0.410 e. The van der Waals surface area contributed by atoms with Crippen molar-refractivity contribution in [2.75, 3.05) is 25.0 Å². The van der Waals surface area contributed by atoms with Crippen molar-refractivity contribution in [2.45, 2.75) is 45.3 Å². The standard InChI is InChI=1S/C16H24N4O4/c1-16(2,3)24-15(21)18(4)13-6-5-9-19(11-13)12-7-8-14(17-10-12)20(22)23/h7-8,10,13H,5-6,9,11H2,1-4H3. The predicted octanol–water partition coefficient (Wildman–Crippen LogP) is 2.83. The highest BCUT2D eigenvalue weighted by Gasteiger charge is 2.29. The van der Waals surface area contributed by atoms with Gasteiger partial charge >= 0.3 is 11.9 Å². The predicted molar refractivity (Wildman–Crippen MR) is 90.1 cm³/mol. The summed E-state index contributed by atoms with van der Waals surface area (Å²) in [5.74, 6) is -0.168. The summed E-state index contributed by atoms with van der Waals surface area (Å²) in [4.78, 5) is 30.0. The van der Waals surface area contributed by atoms with Gasteiger partial charge in [0.15, 0.2) is 6.20 Å². The van der Waals surface area contributed by atoms with E-state index in [0.29, 0.717) is 6.54 Å². The second-order valence-corrected chi connectivity index (χ2v) is 6.97. The van der Waals surface area contributed by atoms with Gasteiger partial charge in [0.2, 0.25) is 0 Å². The van der Waals surface area contributed by atoms with Gasteiger partial charge in [-0.05, 0) is 49.6 Å². The van der Waals surface area contributed by atoms with Crippen LogP contribution in [0.1, 0.15) is 33.6 Å². The minimum atomic E-state index is -0.526. The van der Waals surface area contributed by atoms with Crippen LogP contribution in [-0.4, -0.2) is 52.7 Å². The lowest BCUT2D eigenvalue weighted by atomic mass is 10.0. The molecule has 0 bridgehead atoms. The number of rotatable bonds is 3. The molecule has 1 aromatic heterocycles. The fourth-order valence-corrected chi connectivity index (χ4v) is 2.66. The molecule has 1 aliphatic heterocycles. The second-order valence-electron chi connectivity index (χ2n) is 6.97. The van der Waals surface area contributed by atoms with Crippen LogP contribution in [0.25, 0.3) is 0 Å². The second kappa shape index (κ2) is 7.02. The molecule has 2 heterocycles. The van der Waals surface area contributed by atoms with Gasteiger partial charge in [0.1, 0.15) is 5.60 Å². The van der Waals surface area contributed by atoms with Crippen LogP contribution in [0.2, 0.25) is 0 Å². The lowest BCUT2D eigenvalue weighted by molar-refractivity contribution is -0.389. The first-order valence-corrected chi connectivity index (χ1v) is 7.98. The highest BCUT2D eigenvalue weighted by atomic mass is 16.6. The molecule has 1 aliphatic rings. The van der Waals surface area contributed by atoms with Gasteiger partial charge in [0, 0.05) is 26.2 Å². The van der Waals surface area contributed by atoms with Gasteiger partial charge in [-0.15, -0.1) is 0 Å². The van der Waals surface area contributed by atoms with Crippen LogP contribution in [0.3, 0.4) is 0 Å². The number of aromatic nitrogens is 1. The number of nitro groups is 1. The Labute approximate surface area is 141 Å². The van der Waals surface area contributed by atoms with E-state index in [1.54, 1.807) is 18.0 Å². The third-order valence-corrected chi connectivity index (χ3v) is 3.91. The van der Waals surface area contributed by atoms with Crippen molar-refractivity contribution >= 4 is 17.6 Å². The summed E-state index contributed by atoms with van der Waals surface area (Å²) in [6, 6.07) is 3.13. The van der Waals surface area contributed by atoms with Gasteiger partial charge in [-0.1, -0.05) is 0 Å². The third kappa shape index (κ3) is 4.56. The number of hydrogen-bond donors (Lipinski definition) is 0. The van der Waals surface area contributed by atoms with Crippen LogP contribution in [-0.2, 0) is 4.74 Å². The zero-order valence-electron chi connectivity index (χ0n) is 14.6. The molecule has 1 fully saturated rings. The van der Waals surface area contributed by atoms with Crippen molar-refractivity contribution in [3.05, 3.63) is 28.4 Å². The summed E-state index contributed by atoms with van der Waals surface area (Å²) in [5.41, 5.74) is 0.296. The van der Waals surface area contributed by atoms with E-state index in [9.17, 15) is 14.9 Å². The van der Waals surface area contributed by atoms with Crippen LogP contribution in [0.4, 0.5) is 16.3 Å². The third-order valence-electron chi connectivity index (χ3n) is 3.91. The molecule has 0 aromatic carbocycles. The van der Waals surface area contributed by atoms with Crippen molar-refractivity contribution in [3.8, 4) is 0 Å². The SMILES string of the molecule is CN(C(=O)OC(C)(C)C)C1CCCN(c2ccc([N+](=O)[O-])nc2)C1. The van der Waals surface area contributed by atoms with Gasteiger partial charge in [0.25, 0.3) is 0 Å². The molecule has 0 spiro atoms. The van der Waals surface area contributed by atoms with E-state index in [0.717, 1.165) is 25.1 Å². The monoisotopic (exact) mass is 336 g/mol. The van der Waals surface area contributed by atoms with Crippen LogP contribution in [0, 0.1) is 10.1 Å². The van der Waals surface area contributed by atoms with E-state index >= 15 is 0 Å². The Hall–Kier alpha value is -2.38. The molecular weight excluding hydrogens is 312 g/mol. The summed E-state index contributed by atoms with van der Waals surface area (Å²) in [5, 5.41) is 10.7. The molecule has 0 aliphatic carbocycles. The lowest BCUT2D eigenvalue weighted by Gasteiger charge is -2.38. The molecule has 0 saturated carbocycles. The lowest BCUT2D eigenvalue weighted by Crippen LogP contribution is -2.49. The Bertz CT molecular complexity index is 597. The molecule has 0 N–H and O–H groups in total. The molecule has 1 saturated heterocycles. The van der Waals surface area contributed by atoms with Gasteiger partial charge in [-0.25, -0.2) is 4.79 Å². The largest absolute Gasteiger partial charge is 0.444 e. The van der Waals surface area contributed by atoms with E-state index in [2.05, 4.69) is 9.88 Å². The Balaban J connectivity index is 2.03. The van der Waals surface area contributed by atoms with E-state index < -0.39 is 10.5 Å². The quantitative estimate of drug-likeness (QED) is 0.623. The Kier molecular flexibility index (Phi) is 5.26. The van der Waals surface area contributed by atoms with Crippen molar-refractivity contribution in [2.24, 2.45) is 0 Å². The average molecular weight is 336 g/mol. The molecule has 1 unspecified atom stereocenters. The summed E-state index contributed by atoms with van der Waals surface area (Å²) < 4.78 is 5.42. The number of ether oxygens (including phenoxy) is 1. The van der Waals surface area contributed by atoms with E-state index in [1.165, 1.54) is 12.3 Å². The topological polar surface area (TPSA) is 88.8 Å². The Morgan fingerprint density at radius 2 is 2.17 bits per heavy atom. The molecule has 2 rings (SSSR count). The Morgan fingerprint density at radius 1 is 1.46 bits per heavy atom. The molecular formula is C16H24N4O4. The summed E-state index contributed by atoms with van der Waals surface area (Å²) >= 11 is 0. The summed E-state index contributed by atoms with van der Waals surface area (Å²) in [7, 11) is 1.75. The van der Waals surface area contributed by atoms with Gasteiger partial charge in [-0.3, -0.25) is 0 Å². The highest BCUT2D eigenvalue weighted by molar-refractivity contribution is 5.68. The minimum absolute atomic E-state index is 0.0313. The highest BCUT2D eigenvalue weighted by Crippen LogP contribution is 2.23. The zero-order valence-corrected chi connectivity index (χ0v) is 14.6. The fraction of sp³-hybridized carbons (Fsp3) is 0.625. The van der Waals surface area contributed by atoms with E-state index in [1.807, 2.05) is 20.8 Å². The Morgan fingerprint density at radius 3 is 2.71 bits per heavy atom. The van der Waals surface area contributed by atoms with Gasteiger partial charge in [-0.2, -0.15) is 0 Å². The van der Waals surface area contributed by atoms with Crippen LogP contribution >= 0.6 is 0 Å². The normalized spacial score (nSPS) is 18.2. The summed E-state index contributed by atoms with van der Waals surface area (Å²) in [6.45, 7) is 7.00. The molecule has 0 radical (unpaired) electrons. The summed E-state index contributed by atoms with van der Waals surface area (Å²) in [6.07, 6.45) is 2.99. The van der Waals surface area contributed by atoms with Gasteiger partial charge in [0.05, 0.1) is 11.7 Å². The number of piperidine rings is 1. The molecule has 132 valence electrons. The smallest absolute Gasteiger partial charge is 0.410 e. The molecule has 24 heavy (non-hydrogen) atoms. The first-order valence-electron chi connectivity index (χ1n) is 7.98. The van der Waals surface area contributed by atoms with E-state index in [-0.39, 0.29) is 18.0 Å². The maximum atomic E-state index is 12.2. The number of carbonyl (C=O) groups is 1. The fourth-order valence-electron chi connectivity index (χ4n) is 2.66. The van der Waals surface area contributed by atoms with Crippen molar-refractivity contribution in [1.29, 1.82) is 0 Å². The van der Waals surface area contributed by atoms with Crippen LogP contribution in [0.5, 0.6) is 0 Å². The molecule has 1 aromatic rings. The number of hydrogen-bond acceptors (Lipinski definition) is 6.